The normalized spacial score (nSPS) is 11.2. The van der Waals surface area contributed by atoms with Gasteiger partial charge in [0.15, 0.2) is 0 Å². The highest BCUT2D eigenvalue weighted by Crippen LogP contribution is 2.23. The molecule has 0 saturated heterocycles. The van der Waals surface area contributed by atoms with Gasteiger partial charge in [0.05, 0.1) is 5.97 Å². The van der Waals surface area contributed by atoms with Crippen LogP contribution in [0.2, 0.25) is 5.02 Å². The molecule has 3 aromatic rings. The molecule has 23 heavy (non-hydrogen) atoms. The maximum absolute atomic E-state index is 10.6. The van der Waals surface area contributed by atoms with Gasteiger partial charge in [0, 0.05) is 5.02 Å². The molecule has 0 amide bonds. The molecule has 0 N–H and O–H groups in total. The predicted molar refractivity (Wildman–Crippen MR) is 92.2 cm³/mol. The minimum Gasteiger partial charge on any atom is -0.545 e. The molecule has 0 saturated carbocycles. The molecule has 0 radical (unpaired) electrons. The second-order valence-electron chi connectivity index (χ2n) is 5.35. The quantitative estimate of drug-likeness (QED) is 0.685. The zero-order chi connectivity index (χ0) is 16.2. The molecule has 0 aromatic heterocycles. The number of hydrogen-bond donors (Lipinski definition) is 0. The summed E-state index contributed by atoms with van der Waals surface area (Å²) < 4.78 is 0. The molecule has 0 aliphatic heterocycles. The fourth-order valence-electron chi connectivity index (χ4n) is 2.61. The number of carbonyl (C=O) groups is 1. The first kappa shape index (κ1) is 15.3. The van der Waals surface area contributed by atoms with E-state index in [2.05, 4.69) is 30.3 Å². The van der Waals surface area contributed by atoms with Crippen molar-refractivity contribution in [3.05, 3.63) is 88.5 Å². The summed E-state index contributed by atoms with van der Waals surface area (Å²) in [5, 5.41) is 13.6. The predicted octanol–water partition coefficient (Wildman–Crippen LogP) is 3.85. The number of carboxylic acids is 1. The smallest absolute Gasteiger partial charge is 0.0643 e. The molecule has 0 aliphatic rings. The lowest BCUT2D eigenvalue weighted by atomic mass is 9.97. The lowest BCUT2D eigenvalue weighted by Crippen LogP contribution is -2.18. The van der Waals surface area contributed by atoms with E-state index >= 15 is 0 Å². The van der Waals surface area contributed by atoms with Gasteiger partial charge >= 0.3 is 0 Å². The van der Waals surface area contributed by atoms with E-state index in [1.165, 1.54) is 16.8 Å². The number of fused-ring (bicyclic) bond motifs is 1. The molecule has 2 nitrogen and oxygen atoms in total. The van der Waals surface area contributed by atoms with E-state index in [1.807, 2.05) is 24.3 Å². The Hall–Kier alpha value is -2.58. The number of carboxylic acid groups (broad SMARTS) is 1. The summed E-state index contributed by atoms with van der Waals surface area (Å²) in [7, 11) is 0. The first-order chi connectivity index (χ1) is 11.1. The van der Waals surface area contributed by atoms with Gasteiger partial charge in [-0.1, -0.05) is 66.2 Å². The standard InChI is InChI=1S/C20H15ClO2/c21-19-9-7-17(18(13-19)8-10-20(22)23)12-14-5-6-15-3-1-2-4-16(15)11-14/h1-11,13H,12H2,(H,22,23)/p-1/b10-8+. The van der Waals surface area contributed by atoms with Crippen molar-refractivity contribution >= 4 is 34.4 Å². The van der Waals surface area contributed by atoms with Crippen LogP contribution in [0.4, 0.5) is 0 Å². The van der Waals surface area contributed by atoms with Gasteiger partial charge in [-0.05, 0) is 52.1 Å². The molecule has 0 bridgehead atoms. The van der Waals surface area contributed by atoms with Crippen molar-refractivity contribution in [1.82, 2.24) is 0 Å². The summed E-state index contributed by atoms with van der Waals surface area (Å²) in [5.41, 5.74) is 2.96. The van der Waals surface area contributed by atoms with Crippen LogP contribution in [-0.2, 0) is 11.2 Å². The van der Waals surface area contributed by atoms with Crippen molar-refractivity contribution in [2.75, 3.05) is 0 Å². The third kappa shape index (κ3) is 3.79. The topological polar surface area (TPSA) is 40.1 Å². The lowest BCUT2D eigenvalue weighted by molar-refractivity contribution is -0.297. The minimum atomic E-state index is -1.22. The SMILES string of the molecule is O=C([O-])/C=C/c1cc(Cl)ccc1Cc1ccc2ccccc2c1. The number of aliphatic carboxylic acids is 1. The number of benzene rings is 3. The van der Waals surface area contributed by atoms with Crippen molar-refractivity contribution < 1.29 is 9.90 Å². The second-order valence-corrected chi connectivity index (χ2v) is 5.79. The number of rotatable bonds is 4. The lowest BCUT2D eigenvalue weighted by Gasteiger charge is -2.09. The fraction of sp³-hybridized carbons (Fsp3) is 0.0500. The van der Waals surface area contributed by atoms with Crippen LogP contribution >= 0.6 is 11.6 Å². The Morgan fingerprint density at radius 1 is 1.00 bits per heavy atom. The second kappa shape index (κ2) is 6.67. The van der Waals surface area contributed by atoms with E-state index in [4.69, 9.17) is 11.6 Å². The Bertz CT molecular complexity index is 897. The third-order valence-corrected chi connectivity index (χ3v) is 3.95. The highest BCUT2D eigenvalue weighted by molar-refractivity contribution is 6.30. The first-order valence-electron chi connectivity index (χ1n) is 7.27. The number of carbonyl (C=O) groups excluding carboxylic acids is 1. The van der Waals surface area contributed by atoms with Crippen molar-refractivity contribution in [3.8, 4) is 0 Å². The van der Waals surface area contributed by atoms with Crippen LogP contribution in [0.1, 0.15) is 16.7 Å². The van der Waals surface area contributed by atoms with Gasteiger partial charge in [0.2, 0.25) is 0 Å². The Morgan fingerprint density at radius 2 is 1.78 bits per heavy atom. The summed E-state index contributed by atoms with van der Waals surface area (Å²) in [6.07, 6.45) is 3.25. The third-order valence-electron chi connectivity index (χ3n) is 3.72. The molecule has 0 aliphatic carbocycles. The van der Waals surface area contributed by atoms with E-state index in [0.29, 0.717) is 11.4 Å². The monoisotopic (exact) mass is 321 g/mol. The largest absolute Gasteiger partial charge is 0.545 e. The molecular formula is C20H14ClO2-. The zero-order valence-corrected chi connectivity index (χ0v) is 13.1. The van der Waals surface area contributed by atoms with Crippen LogP contribution in [0.3, 0.4) is 0 Å². The molecule has 0 atom stereocenters. The molecule has 3 aromatic carbocycles. The molecule has 0 unspecified atom stereocenters. The van der Waals surface area contributed by atoms with E-state index < -0.39 is 5.97 Å². The van der Waals surface area contributed by atoms with Crippen LogP contribution in [0.15, 0.2) is 66.7 Å². The zero-order valence-electron chi connectivity index (χ0n) is 12.3. The van der Waals surface area contributed by atoms with Crippen molar-refractivity contribution in [2.24, 2.45) is 0 Å². The van der Waals surface area contributed by atoms with Gasteiger partial charge in [-0.15, -0.1) is 0 Å². The van der Waals surface area contributed by atoms with Gasteiger partial charge in [-0.25, -0.2) is 0 Å². The molecular weight excluding hydrogens is 308 g/mol. The van der Waals surface area contributed by atoms with Crippen LogP contribution in [0, 0.1) is 0 Å². The summed E-state index contributed by atoms with van der Waals surface area (Å²) >= 11 is 6.02. The molecule has 3 rings (SSSR count). The molecule has 0 fully saturated rings. The average Bonchev–Trinajstić information content (AvgIpc) is 2.55. The van der Waals surface area contributed by atoms with Crippen LogP contribution in [0.5, 0.6) is 0 Å². The number of hydrogen-bond acceptors (Lipinski definition) is 2. The van der Waals surface area contributed by atoms with Crippen molar-refractivity contribution in [2.45, 2.75) is 6.42 Å². The highest BCUT2D eigenvalue weighted by Gasteiger charge is 2.04. The maximum Gasteiger partial charge on any atom is 0.0643 e. The summed E-state index contributed by atoms with van der Waals surface area (Å²) in [6.45, 7) is 0. The number of halogens is 1. The fourth-order valence-corrected chi connectivity index (χ4v) is 2.79. The maximum atomic E-state index is 10.6. The van der Waals surface area contributed by atoms with Crippen molar-refractivity contribution in [3.63, 3.8) is 0 Å². The molecule has 114 valence electrons. The molecule has 0 heterocycles. The Morgan fingerprint density at radius 3 is 2.57 bits per heavy atom. The van der Waals surface area contributed by atoms with Crippen LogP contribution in [0.25, 0.3) is 16.8 Å². The Balaban J connectivity index is 1.96. The van der Waals surface area contributed by atoms with E-state index in [-0.39, 0.29) is 0 Å². The summed E-state index contributed by atoms with van der Waals surface area (Å²) in [4.78, 5) is 10.6. The van der Waals surface area contributed by atoms with E-state index in [0.717, 1.165) is 22.8 Å². The van der Waals surface area contributed by atoms with Gasteiger partial charge in [-0.3, -0.25) is 0 Å². The van der Waals surface area contributed by atoms with Gasteiger partial charge in [0.1, 0.15) is 0 Å². The van der Waals surface area contributed by atoms with Gasteiger partial charge in [-0.2, -0.15) is 0 Å². The van der Waals surface area contributed by atoms with Crippen LogP contribution in [-0.4, -0.2) is 5.97 Å². The molecule has 3 heteroatoms. The Kier molecular flexibility index (Phi) is 4.45. The average molecular weight is 322 g/mol. The van der Waals surface area contributed by atoms with Crippen molar-refractivity contribution in [1.29, 1.82) is 0 Å². The summed E-state index contributed by atoms with van der Waals surface area (Å²) in [5.74, 6) is -1.22. The van der Waals surface area contributed by atoms with Crippen LogP contribution < -0.4 is 5.11 Å². The van der Waals surface area contributed by atoms with Gasteiger partial charge < -0.3 is 9.90 Å². The first-order valence-corrected chi connectivity index (χ1v) is 7.65. The van der Waals surface area contributed by atoms with E-state index in [1.54, 1.807) is 6.07 Å². The Labute approximate surface area is 139 Å². The highest BCUT2D eigenvalue weighted by atomic mass is 35.5. The minimum absolute atomic E-state index is 0.574. The summed E-state index contributed by atoms with van der Waals surface area (Å²) in [6, 6.07) is 20.0. The van der Waals surface area contributed by atoms with Gasteiger partial charge in [0.25, 0.3) is 0 Å². The molecule has 0 spiro atoms. The van der Waals surface area contributed by atoms with E-state index in [9.17, 15) is 9.90 Å².